The molecule has 0 spiro atoms. The Morgan fingerprint density at radius 3 is 3.00 bits per heavy atom. The number of halogens is 1. The molecule has 2 aromatic rings. The van der Waals surface area contributed by atoms with Crippen molar-refractivity contribution in [2.75, 3.05) is 0 Å². The molecule has 84 valence electrons. The monoisotopic (exact) mass is 220 g/mol. The third-order valence-electron chi connectivity index (χ3n) is 2.46. The van der Waals surface area contributed by atoms with Crippen molar-refractivity contribution in [1.29, 1.82) is 0 Å². The largest absolute Gasteiger partial charge is 0.456 e. The number of fused-ring (bicyclic) bond motifs is 1. The van der Waals surface area contributed by atoms with Gasteiger partial charge < -0.3 is 4.42 Å². The Morgan fingerprint density at radius 2 is 2.38 bits per heavy atom. The topological polar surface area (TPSA) is 51.2 Å². The van der Waals surface area contributed by atoms with Crippen LogP contribution in [0.15, 0.2) is 41.3 Å². The molecule has 3 N–H and O–H groups in total. The highest BCUT2D eigenvalue weighted by molar-refractivity contribution is 5.78. The van der Waals surface area contributed by atoms with Gasteiger partial charge in [0.05, 0.1) is 6.04 Å². The van der Waals surface area contributed by atoms with E-state index in [2.05, 4.69) is 12.0 Å². The molecule has 0 aliphatic heterocycles. The van der Waals surface area contributed by atoms with Crippen molar-refractivity contribution in [3.8, 4) is 0 Å². The molecule has 0 aliphatic rings. The summed E-state index contributed by atoms with van der Waals surface area (Å²) in [6.07, 6.45) is 2.35. The zero-order valence-electron chi connectivity index (χ0n) is 8.74. The predicted molar refractivity (Wildman–Crippen MR) is 61.1 cm³/mol. The van der Waals surface area contributed by atoms with Crippen LogP contribution in [0.25, 0.3) is 11.0 Å². The van der Waals surface area contributed by atoms with Gasteiger partial charge in [0, 0.05) is 5.39 Å². The lowest BCUT2D eigenvalue weighted by Gasteiger charge is -2.09. The predicted octanol–water partition coefficient (Wildman–Crippen LogP) is 2.65. The van der Waals surface area contributed by atoms with Gasteiger partial charge >= 0.3 is 0 Å². The van der Waals surface area contributed by atoms with Crippen molar-refractivity contribution >= 4 is 11.0 Å². The normalized spacial score (nSPS) is 12.9. The van der Waals surface area contributed by atoms with E-state index in [-0.39, 0.29) is 17.4 Å². The van der Waals surface area contributed by atoms with Crippen molar-refractivity contribution in [2.45, 2.75) is 12.5 Å². The standard InChI is InChI=1S/C12H13FN2O/c1-2-4-10(15-14)11-7-8-5-3-6-9(13)12(8)16-11/h2-3,5-7,10,15H,1,4,14H2. The van der Waals surface area contributed by atoms with Crippen LogP contribution in [-0.4, -0.2) is 0 Å². The molecule has 1 atom stereocenters. The van der Waals surface area contributed by atoms with E-state index < -0.39 is 0 Å². The molecule has 0 saturated heterocycles. The maximum atomic E-state index is 13.4. The number of hydrogen-bond donors (Lipinski definition) is 2. The lowest BCUT2D eigenvalue weighted by molar-refractivity contribution is 0.431. The van der Waals surface area contributed by atoms with Crippen LogP contribution in [0, 0.1) is 5.82 Å². The van der Waals surface area contributed by atoms with E-state index in [4.69, 9.17) is 10.3 Å². The summed E-state index contributed by atoms with van der Waals surface area (Å²) < 4.78 is 18.8. The van der Waals surface area contributed by atoms with Crippen LogP contribution in [0.2, 0.25) is 0 Å². The summed E-state index contributed by atoms with van der Waals surface area (Å²) in [5.41, 5.74) is 2.88. The van der Waals surface area contributed by atoms with Crippen molar-refractivity contribution in [3.63, 3.8) is 0 Å². The Balaban J connectivity index is 2.45. The van der Waals surface area contributed by atoms with Gasteiger partial charge in [-0.3, -0.25) is 5.84 Å². The van der Waals surface area contributed by atoms with Crippen LogP contribution in [0.3, 0.4) is 0 Å². The minimum atomic E-state index is -0.363. The highest BCUT2D eigenvalue weighted by atomic mass is 19.1. The Morgan fingerprint density at radius 1 is 1.56 bits per heavy atom. The molecule has 0 saturated carbocycles. The van der Waals surface area contributed by atoms with Gasteiger partial charge in [-0.15, -0.1) is 6.58 Å². The molecule has 4 heteroatoms. The highest BCUT2D eigenvalue weighted by Gasteiger charge is 2.14. The molecular weight excluding hydrogens is 207 g/mol. The van der Waals surface area contributed by atoms with Crippen LogP contribution in [0.1, 0.15) is 18.2 Å². The summed E-state index contributed by atoms with van der Waals surface area (Å²) >= 11 is 0. The smallest absolute Gasteiger partial charge is 0.169 e. The molecular formula is C12H13FN2O. The van der Waals surface area contributed by atoms with Gasteiger partial charge in [-0.05, 0) is 18.6 Å². The van der Waals surface area contributed by atoms with E-state index in [1.807, 2.05) is 0 Å². The third-order valence-corrected chi connectivity index (χ3v) is 2.46. The molecule has 16 heavy (non-hydrogen) atoms. The fourth-order valence-corrected chi connectivity index (χ4v) is 1.65. The highest BCUT2D eigenvalue weighted by Crippen LogP contribution is 2.27. The van der Waals surface area contributed by atoms with Gasteiger partial charge in [0.1, 0.15) is 5.76 Å². The number of nitrogens with two attached hydrogens (primary N) is 1. The second-order valence-electron chi connectivity index (χ2n) is 3.55. The first kappa shape index (κ1) is 10.9. The Kier molecular flexibility index (Phi) is 3.03. The minimum absolute atomic E-state index is 0.177. The SMILES string of the molecule is C=CCC(NN)c1cc2cccc(F)c2o1. The summed E-state index contributed by atoms with van der Waals surface area (Å²) in [7, 11) is 0. The Bertz CT molecular complexity index is 507. The maximum absolute atomic E-state index is 13.4. The van der Waals surface area contributed by atoms with Crippen LogP contribution in [-0.2, 0) is 0 Å². The molecule has 1 heterocycles. The molecule has 0 amide bonds. The summed E-state index contributed by atoms with van der Waals surface area (Å²) in [5, 5.41) is 0.735. The number of furan rings is 1. The minimum Gasteiger partial charge on any atom is -0.456 e. The van der Waals surface area contributed by atoms with Crippen LogP contribution in [0.4, 0.5) is 4.39 Å². The second-order valence-corrected chi connectivity index (χ2v) is 3.55. The van der Waals surface area contributed by atoms with Gasteiger partial charge in [0.15, 0.2) is 11.4 Å². The molecule has 3 nitrogen and oxygen atoms in total. The number of benzene rings is 1. The van der Waals surface area contributed by atoms with Gasteiger partial charge in [-0.2, -0.15) is 0 Å². The van der Waals surface area contributed by atoms with E-state index in [0.717, 1.165) is 5.39 Å². The zero-order valence-corrected chi connectivity index (χ0v) is 8.74. The lowest BCUT2D eigenvalue weighted by Crippen LogP contribution is -2.27. The van der Waals surface area contributed by atoms with E-state index in [9.17, 15) is 4.39 Å². The summed E-state index contributed by atoms with van der Waals surface area (Å²) in [4.78, 5) is 0. The molecule has 0 aliphatic carbocycles. The number of nitrogens with one attached hydrogen (secondary N) is 1. The van der Waals surface area contributed by atoms with Gasteiger partial charge in [-0.1, -0.05) is 18.2 Å². The van der Waals surface area contributed by atoms with E-state index in [1.54, 1.807) is 24.3 Å². The fourth-order valence-electron chi connectivity index (χ4n) is 1.65. The van der Waals surface area contributed by atoms with Crippen LogP contribution >= 0.6 is 0 Å². The van der Waals surface area contributed by atoms with Crippen molar-refractivity contribution < 1.29 is 8.81 Å². The average Bonchev–Trinajstić information content (AvgIpc) is 2.71. The first-order valence-electron chi connectivity index (χ1n) is 5.01. The van der Waals surface area contributed by atoms with Gasteiger partial charge in [0.25, 0.3) is 0 Å². The Labute approximate surface area is 92.7 Å². The summed E-state index contributed by atoms with van der Waals surface area (Å²) in [6, 6.07) is 6.42. The summed E-state index contributed by atoms with van der Waals surface area (Å²) in [5.74, 6) is 5.65. The van der Waals surface area contributed by atoms with E-state index in [0.29, 0.717) is 12.2 Å². The maximum Gasteiger partial charge on any atom is 0.169 e. The average molecular weight is 220 g/mol. The van der Waals surface area contributed by atoms with Crippen LogP contribution < -0.4 is 11.3 Å². The first-order chi connectivity index (χ1) is 7.76. The number of hydrogen-bond acceptors (Lipinski definition) is 3. The second kappa shape index (κ2) is 4.47. The molecule has 1 unspecified atom stereocenters. The van der Waals surface area contributed by atoms with Crippen LogP contribution in [0.5, 0.6) is 0 Å². The zero-order chi connectivity index (χ0) is 11.5. The van der Waals surface area contributed by atoms with Gasteiger partial charge in [-0.25, -0.2) is 9.82 Å². The molecule has 0 fully saturated rings. The quantitative estimate of drug-likeness (QED) is 0.473. The summed E-state index contributed by atoms with van der Waals surface area (Å²) in [6.45, 7) is 3.63. The number of hydrazine groups is 1. The molecule has 2 rings (SSSR count). The van der Waals surface area contributed by atoms with Crippen molar-refractivity contribution in [3.05, 3.63) is 48.5 Å². The number of rotatable bonds is 4. The fraction of sp³-hybridized carbons (Fsp3) is 0.167. The van der Waals surface area contributed by atoms with E-state index >= 15 is 0 Å². The molecule has 0 radical (unpaired) electrons. The third kappa shape index (κ3) is 1.85. The van der Waals surface area contributed by atoms with Crippen molar-refractivity contribution in [2.24, 2.45) is 5.84 Å². The van der Waals surface area contributed by atoms with Gasteiger partial charge in [0.2, 0.25) is 0 Å². The Hall–Kier alpha value is -1.65. The molecule has 1 aromatic carbocycles. The molecule has 0 bridgehead atoms. The van der Waals surface area contributed by atoms with E-state index in [1.165, 1.54) is 6.07 Å². The first-order valence-corrected chi connectivity index (χ1v) is 5.01. The lowest BCUT2D eigenvalue weighted by atomic mass is 10.1. The molecule has 1 aromatic heterocycles. The number of para-hydroxylation sites is 1. The van der Waals surface area contributed by atoms with Crippen molar-refractivity contribution in [1.82, 2.24) is 5.43 Å².